The molecule has 0 aromatic rings. The minimum Gasteiger partial charge on any atom is -0.341 e. The van der Waals surface area contributed by atoms with Crippen molar-refractivity contribution < 1.29 is 4.79 Å². The Morgan fingerprint density at radius 1 is 1.50 bits per heavy atom. The van der Waals surface area contributed by atoms with E-state index in [1.54, 1.807) is 0 Å². The van der Waals surface area contributed by atoms with Crippen LogP contribution in [0.2, 0.25) is 0 Å². The van der Waals surface area contributed by atoms with Gasteiger partial charge in [-0.2, -0.15) is 0 Å². The maximum absolute atomic E-state index is 11.8. The van der Waals surface area contributed by atoms with Gasteiger partial charge in [-0.05, 0) is 20.3 Å². The number of carbonyl (C=O) groups excluding carboxylic acids is 1. The fourth-order valence-corrected chi connectivity index (χ4v) is 1.79. The number of rotatable bonds is 3. The van der Waals surface area contributed by atoms with Gasteiger partial charge in [0.2, 0.25) is 5.91 Å². The molecule has 1 rings (SSSR count). The molecule has 1 fully saturated rings. The first-order valence-corrected chi connectivity index (χ1v) is 5.58. The topological polar surface area (TPSA) is 32.3 Å². The van der Waals surface area contributed by atoms with E-state index >= 15 is 0 Å². The molecule has 0 atom stereocenters. The van der Waals surface area contributed by atoms with Crippen molar-refractivity contribution in [1.82, 2.24) is 10.2 Å². The summed E-state index contributed by atoms with van der Waals surface area (Å²) in [6, 6.07) is 0. The number of unbranched alkanes of at least 4 members (excludes halogenated alkanes) is 1. The molecule has 1 heterocycles. The van der Waals surface area contributed by atoms with E-state index in [2.05, 4.69) is 26.1 Å². The molecule has 0 aliphatic carbocycles. The summed E-state index contributed by atoms with van der Waals surface area (Å²) < 4.78 is 0. The van der Waals surface area contributed by atoms with Crippen LogP contribution in [-0.4, -0.2) is 36.0 Å². The number of amides is 1. The van der Waals surface area contributed by atoms with Crippen LogP contribution in [0.5, 0.6) is 0 Å². The summed E-state index contributed by atoms with van der Waals surface area (Å²) >= 11 is 0. The third-order valence-corrected chi connectivity index (χ3v) is 2.71. The van der Waals surface area contributed by atoms with E-state index in [1.165, 1.54) is 0 Å². The standard InChI is InChI=1S/C11H22N2O/c1-4-5-7-13-8-6-12-11(2,3)9-10(13)14/h12H,4-9H2,1-3H3. The normalized spacial score (nSPS) is 22.2. The molecule has 0 aromatic heterocycles. The van der Waals surface area contributed by atoms with Crippen molar-refractivity contribution >= 4 is 5.91 Å². The average molecular weight is 198 g/mol. The van der Waals surface area contributed by atoms with Crippen LogP contribution in [0.3, 0.4) is 0 Å². The SMILES string of the molecule is CCCCN1CCNC(C)(C)CC1=O. The van der Waals surface area contributed by atoms with Gasteiger partial charge in [0.25, 0.3) is 0 Å². The van der Waals surface area contributed by atoms with Crippen LogP contribution >= 0.6 is 0 Å². The van der Waals surface area contributed by atoms with Crippen molar-refractivity contribution in [2.45, 2.75) is 45.6 Å². The lowest BCUT2D eigenvalue weighted by atomic mass is 10.0. The van der Waals surface area contributed by atoms with Gasteiger partial charge in [-0.1, -0.05) is 13.3 Å². The maximum Gasteiger partial charge on any atom is 0.224 e. The Labute approximate surface area is 86.9 Å². The van der Waals surface area contributed by atoms with Crippen LogP contribution in [0.1, 0.15) is 40.0 Å². The van der Waals surface area contributed by atoms with Gasteiger partial charge in [-0.3, -0.25) is 4.79 Å². The predicted octanol–water partition coefficient (Wildman–Crippen LogP) is 1.39. The average Bonchev–Trinajstić information content (AvgIpc) is 2.20. The second kappa shape index (κ2) is 4.78. The van der Waals surface area contributed by atoms with E-state index in [0.29, 0.717) is 12.3 Å². The van der Waals surface area contributed by atoms with Gasteiger partial charge in [-0.25, -0.2) is 0 Å². The Kier molecular flexibility index (Phi) is 3.93. The second-order valence-electron chi connectivity index (χ2n) is 4.72. The summed E-state index contributed by atoms with van der Waals surface area (Å²) in [6.07, 6.45) is 2.89. The Morgan fingerprint density at radius 2 is 2.21 bits per heavy atom. The Hall–Kier alpha value is -0.570. The molecule has 1 aliphatic rings. The fraction of sp³-hybridized carbons (Fsp3) is 0.909. The third-order valence-electron chi connectivity index (χ3n) is 2.71. The highest BCUT2D eigenvalue weighted by Gasteiger charge is 2.27. The first-order valence-electron chi connectivity index (χ1n) is 5.58. The predicted molar refractivity (Wildman–Crippen MR) is 58.2 cm³/mol. The zero-order valence-corrected chi connectivity index (χ0v) is 9.60. The van der Waals surface area contributed by atoms with Crippen LogP contribution in [0.15, 0.2) is 0 Å². The van der Waals surface area contributed by atoms with Gasteiger partial charge in [0.15, 0.2) is 0 Å². The van der Waals surface area contributed by atoms with Gasteiger partial charge in [0.1, 0.15) is 0 Å². The van der Waals surface area contributed by atoms with Gasteiger partial charge in [-0.15, -0.1) is 0 Å². The lowest BCUT2D eigenvalue weighted by Crippen LogP contribution is -2.39. The monoisotopic (exact) mass is 198 g/mol. The second-order valence-corrected chi connectivity index (χ2v) is 4.72. The van der Waals surface area contributed by atoms with Crippen LogP contribution in [0, 0.1) is 0 Å². The molecule has 1 N–H and O–H groups in total. The Morgan fingerprint density at radius 3 is 2.86 bits per heavy atom. The molecule has 1 saturated heterocycles. The highest BCUT2D eigenvalue weighted by Crippen LogP contribution is 2.14. The van der Waals surface area contributed by atoms with E-state index < -0.39 is 0 Å². The maximum atomic E-state index is 11.8. The molecular weight excluding hydrogens is 176 g/mol. The lowest BCUT2D eigenvalue weighted by molar-refractivity contribution is -0.131. The molecule has 0 bridgehead atoms. The number of hydrogen-bond acceptors (Lipinski definition) is 2. The van der Waals surface area contributed by atoms with E-state index in [9.17, 15) is 4.79 Å². The lowest BCUT2D eigenvalue weighted by Gasteiger charge is -2.23. The molecule has 14 heavy (non-hydrogen) atoms. The summed E-state index contributed by atoms with van der Waals surface area (Å²) in [4.78, 5) is 13.8. The summed E-state index contributed by atoms with van der Waals surface area (Å²) in [7, 11) is 0. The summed E-state index contributed by atoms with van der Waals surface area (Å²) in [5.74, 6) is 0.299. The van der Waals surface area contributed by atoms with Crippen molar-refractivity contribution in [2.24, 2.45) is 0 Å². The molecule has 1 aliphatic heterocycles. The molecule has 0 aromatic carbocycles. The first-order chi connectivity index (χ1) is 6.55. The van der Waals surface area contributed by atoms with Crippen molar-refractivity contribution in [1.29, 1.82) is 0 Å². The number of carbonyl (C=O) groups is 1. The third kappa shape index (κ3) is 3.29. The van der Waals surface area contributed by atoms with Crippen molar-refractivity contribution in [3.05, 3.63) is 0 Å². The van der Waals surface area contributed by atoms with Crippen molar-refractivity contribution in [2.75, 3.05) is 19.6 Å². The van der Waals surface area contributed by atoms with E-state index in [-0.39, 0.29) is 5.54 Å². The van der Waals surface area contributed by atoms with Crippen molar-refractivity contribution in [3.8, 4) is 0 Å². The minimum absolute atomic E-state index is 0.0297. The largest absolute Gasteiger partial charge is 0.341 e. The van der Waals surface area contributed by atoms with Gasteiger partial charge < -0.3 is 10.2 Å². The van der Waals surface area contributed by atoms with E-state index in [4.69, 9.17) is 0 Å². The summed E-state index contributed by atoms with van der Waals surface area (Å²) in [5, 5.41) is 3.40. The van der Waals surface area contributed by atoms with Gasteiger partial charge in [0.05, 0.1) is 0 Å². The first kappa shape index (κ1) is 11.5. The molecular formula is C11H22N2O. The smallest absolute Gasteiger partial charge is 0.224 e. The van der Waals surface area contributed by atoms with Crippen molar-refractivity contribution in [3.63, 3.8) is 0 Å². The number of hydrogen-bond donors (Lipinski definition) is 1. The molecule has 1 amide bonds. The Balaban J connectivity index is 2.50. The molecule has 0 unspecified atom stereocenters. The quantitative estimate of drug-likeness (QED) is 0.743. The summed E-state index contributed by atoms with van der Waals surface area (Å²) in [6.45, 7) is 9.05. The zero-order valence-electron chi connectivity index (χ0n) is 9.60. The fourth-order valence-electron chi connectivity index (χ4n) is 1.79. The number of nitrogens with one attached hydrogen (secondary N) is 1. The van der Waals surface area contributed by atoms with Crippen LogP contribution in [-0.2, 0) is 4.79 Å². The highest BCUT2D eigenvalue weighted by molar-refractivity contribution is 5.77. The molecule has 3 heteroatoms. The molecule has 0 radical (unpaired) electrons. The molecule has 3 nitrogen and oxygen atoms in total. The van der Waals surface area contributed by atoms with E-state index in [0.717, 1.165) is 32.5 Å². The zero-order chi connectivity index (χ0) is 10.6. The van der Waals surface area contributed by atoms with Gasteiger partial charge >= 0.3 is 0 Å². The van der Waals surface area contributed by atoms with Gasteiger partial charge in [0, 0.05) is 31.6 Å². The van der Waals surface area contributed by atoms with Crippen LogP contribution < -0.4 is 5.32 Å². The molecule has 82 valence electrons. The molecule has 0 spiro atoms. The van der Waals surface area contributed by atoms with Crippen LogP contribution in [0.4, 0.5) is 0 Å². The number of nitrogens with zero attached hydrogens (tertiary/aromatic N) is 1. The van der Waals surface area contributed by atoms with E-state index in [1.807, 2.05) is 4.90 Å². The Bertz CT molecular complexity index is 201. The minimum atomic E-state index is -0.0297. The molecule has 0 saturated carbocycles. The highest BCUT2D eigenvalue weighted by atomic mass is 16.2. The summed E-state index contributed by atoms with van der Waals surface area (Å²) in [5.41, 5.74) is -0.0297. The van der Waals surface area contributed by atoms with Crippen LogP contribution in [0.25, 0.3) is 0 Å².